The topological polar surface area (TPSA) is 131 Å². The van der Waals surface area contributed by atoms with Gasteiger partial charge in [-0.25, -0.2) is 9.67 Å². The summed E-state index contributed by atoms with van der Waals surface area (Å²) in [6, 6.07) is 18.1. The predicted octanol–water partition coefficient (Wildman–Crippen LogP) is 3.43. The molecular formula is C21H14N6O2S. The Morgan fingerprint density at radius 3 is 2.57 bits per heavy atom. The maximum absolute atomic E-state index is 13.4. The average molecular weight is 414 g/mol. The molecule has 0 spiro atoms. The van der Waals surface area contributed by atoms with Gasteiger partial charge in [-0.2, -0.15) is 15.6 Å². The number of aromatic nitrogens is 3. The van der Waals surface area contributed by atoms with E-state index in [-0.39, 0.29) is 17.1 Å². The van der Waals surface area contributed by atoms with E-state index < -0.39 is 11.7 Å². The van der Waals surface area contributed by atoms with Crippen LogP contribution in [-0.2, 0) is 0 Å². The van der Waals surface area contributed by atoms with Gasteiger partial charge >= 0.3 is 0 Å². The second-order valence-electron chi connectivity index (χ2n) is 6.28. The van der Waals surface area contributed by atoms with Crippen molar-refractivity contribution in [2.45, 2.75) is 5.92 Å². The minimum atomic E-state index is -1.18. The molecule has 2 aromatic carbocycles. The number of carbonyl (C=O) groups excluding carboxylic acids is 1. The van der Waals surface area contributed by atoms with Crippen molar-refractivity contribution >= 4 is 33.0 Å². The number of anilines is 1. The van der Waals surface area contributed by atoms with Gasteiger partial charge in [-0.15, -0.1) is 11.3 Å². The summed E-state index contributed by atoms with van der Waals surface area (Å²) in [7, 11) is 1.54. The van der Waals surface area contributed by atoms with Gasteiger partial charge in [0.2, 0.25) is 5.78 Å². The van der Waals surface area contributed by atoms with Crippen LogP contribution in [0.1, 0.15) is 27.1 Å². The van der Waals surface area contributed by atoms with Gasteiger partial charge < -0.3 is 10.5 Å². The van der Waals surface area contributed by atoms with Crippen LogP contribution in [-0.4, -0.2) is 27.7 Å². The van der Waals surface area contributed by atoms with Crippen molar-refractivity contribution in [2.24, 2.45) is 0 Å². The minimum absolute atomic E-state index is 0.0254. The number of ketones is 1. The zero-order valence-electron chi connectivity index (χ0n) is 15.7. The molecule has 1 unspecified atom stereocenters. The van der Waals surface area contributed by atoms with Gasteiger partial charge in [0.05, 0.1) is 29.1 Å². The molecule has 1 atom stereocenters. The molecule has 30 heavy (non-hydrogen) atoms. The third kappa shape index (κ3) is 3.13. The third-order valence-electron chi connectivity index (χ3n) is 4.53. The van der Waals surface area contributed by atoms with Crippen LogP contribution in [0.5, 0.6) is 5.75 Å². The molecule has 0 radical (unpaired) electrons. The molecule has 2 heterocycles. The zero-order chi connectivity index (χ0) is 21.3. The number of benzene rings is 2. The Bertz CT molecular complexity index is 1310. The van der Waals surface area contributed by atoms with Gasteiger partial charge in [0.25, 0.3) is 0 Å². The average Bonchev–Trinajstić information content (AvgIpc) is 3.34. The Hall–Kier alpha value is -4.21. The van der Waals surface area contributed by atoms with Crippen LogP contribution in [0, 0.1) is 22.7 Å². The van der Waals surface area contributed by atoms with E-state index in [0.29, 0.717) is 22.0 Å². The zero-order valence-corrected chi connectivity index (χ0v) is 16.6. The summed E-state index contributed by atoms with van der Waals surface area (Å²) in [5.74, 6) is -1.12. The van der Waals surface area contributed by atoms with E-state index >= 15 is 0 Å². The molecule has 146 valence electrons. The molecule has 0 aliphatic heterocycles. The van der Waals surface area contributed by atoms with Gasteiger partial charge in [-0.3, -0.25) is 4.79 Å². The van der Waals surface area contributed by atoms with E-state index in [1.54, 1.807) is 31.4 Å². The molecular weight excluding hydrogens is 400 g/mol. The van der Waals surface area contributed by atoms with E-state index in [0.717, 1.165) is 4.70 Å². The number of Topliss-reactive ketones (excluding diaryl/α,β-unsaturated/α-hetero) is 1. The Balaban J connectivity index is 1.83. The first-order chi connectivity index (χ1) is 14.6. The molecule has 2 N–H and O–H groups in total. The summed E-state index contributed by atoms with van der Waals surface area (Å²) >= 11 is 1.27. The monoisotopic (exact) mass is 414 g/mol. The van der Waals surface area contributed by atoms with E-state index in [9.17, 15) is 15.3 Å². The van der Waals surface area contributed by atoms with Crippen LogP contribution in [0.25, 0.3) is 15.9 Å². The largest absolute Gasteiger partial charge is 0.497 e. The molecule has 0 saturated carbocycles. The van der Waals surface area contributed by atoms with E-state index in [1.807, 2.05) is 36.4 Å². The number of nitriles is 2. The highest BCUT2D eigenvalue weighted by Gasteiger charge is 2.32. The first-order valence-corrected chi connectivity index (χ1v) is 9.61. The summed E-state index contributed by atoms with van der Waals surface area (Å²) in [5, 5.41) is 23.7. The number of hydrogen-bond donors (Lipinski definition) is 1. The highest BCUT2D eigenvalue weighted by Crippen LogP contribution is 2.32. The molecule has 0 amide bonds. The quantitative estimate of drug-likeness (QED) is 0.495. The molecule has 0 aliphatic carbocycles. The Morgan fingerprint density at radius 2 is 1.93 bits per heavy atom. The number of fused-ring (bicyclic) bond motifs is 1. The molecule has 9 heteroatoms. The lowest BCUT2D eigenvalue weighted by molar-refractivity contribution is 0.0972. The van der Waals surface area contributed by atoms with E-state index in [1.165, 1.54) is 16.0 Å². The number of thiazole rings is 1. The van der Waals surface area contributed by atoms with Crippen molar-refractivity contribution in [2.75, 3.05) is 12.8 Å². The smallest absolute Gasteiger partial charge is 0.207 e. The highest BCUT2D eigenvalue weighted by atomic mass is 32.1. The molecule has 4 rings (SSSR count). The molecule has 4 aromatic rings. The number of rotatable bonds is 5. The van der Waals surface area contributed by atoms with Gasteiger partial charge in [0.1, 0.15) is 28.2 Å². The fourth-order valence-electron chi connectivity index (χ4n) is 3.04. The van der Waals surface area contributed by atoms with E-state index in [4.69, 9.17) is 10.5 Å². The van der Waals surface area contributed by atoms with Crippen molar-refractivity contribution in [1.82, 2.24) is 14.8 Å². The van der Waals surface area contributed by atoms with Gasteiger partial charge in [-0.1, -0.05) is 12.1 Å². The van der Waals surface area contributed by atoms with Crippen molar-refractivity contribution in [3.8, 4) is 23.6 Å². The Labute approximate surface area is 175 Å². The number of nitrogens with two attached hydrogens (primary N) is 1. The summed E-state index contributed by atoms with van der Waals surface area (Å²) in [4.78, 5) is 17.8. The predicted molar refractivity (Wildman–Crippen MR) is 112 cm³/mol. The van der Waals surface area contributed by atoms with Crippen molar-refractivity contribution in [3.63, 3.8) is 0 Å². The Morgan fingerprint density at radius 1 is 1.20 bits per heavy atom. The fourth-order valence-corrected chi connectivity index (χ4v) is 4.05. The van der Waals surface area contributed by atoms with Crippen molar-refractivity contribution in [1.29, 1.82) is 10.5 Å². The first-order valence-electron chi connectivity index (χ1n) is 8.79. The summed E-state index contributed by atoms with van der Waals surface area (Å²) in [6.07, 6.45) is 0. The Kier molecular flexibility index (Phi) is 4.88. The van der Waals surface area contributed by atoms with E-state index in [2.05, 4.69) is 10.1 Å². The maximum Gasteiger partial charge on any atom is 0.207 e. The second-order valence-corrected chi connectivity index (χ2v) is 7.34. The summed E-state index contributed by atoms with van der Waals surface area (Å²) in [6.45, 7) is 0. The number of nitrogens with zero attached hydrogens (tertiary/aromatic N) is 5. The lowest BCUT2D eigenvalue weighted by atomic mass is 10.0. The summed E-state index contributed by atoms with van der Waals surface area (Å²) < 4.78 is 7.31. The fraction of sp³-hybridized carbons (Fsp3) is 0.0952. The maximum atomic E-state index is 13.4. The van der Waals surface area contributed by atoms with Crippen LogP contribution in [0.4, 0.5) is 5.69 Å². The lowest BCUT2D eigenvalue weighted by Gasteiger charge is -2.10. The number of hydrogen-bond acceptors (Lipinski definition) is 8. The van der Waals surface area contributed by atoms with Crippen LogP contribution in [0.3, 0.4) is 0 Å². The van der Waals surface area contributed by atoms with Crippen molar-refractivity contribution < 1.29 is 9.53 Å². The molecule has 0 saturated heterocycles. The molecule has 2 aromatic heterocycles. The standard InChI is InChI=1S/C21H14N6O2S/c1-29-13-8-6-12(7-9-13)27-19(18(24)16(11-23)26-27)20(28)14(10-22)21-25-15-4-2-3-5-17(15)30-21/h2-9,14H,24H2,1H3. The normalized spacial score (nSPS) is 11.6. The van der Waals surface area contributed by atoms with Crippen LogP contribution in [0.15, 0.2) is 48.5 Å². The number of para-hydroxylation sites is 1. The molecule has 0 fully saturated rings. The summed E-state index contributed by atoms with van der Waals surface area (Å²) in [5.41, 5.74) is 7.11. The SMILES string of the molecule is COc1ccc(-n2nc(C#N)c(N)c2C(=O)C(C#N)c2nc3ccccc3s2)cc1. The molecule has 0 bridgehead atoms. The van der Waals surface area contributed by atoms with Crippen LogP contribution < -0.4 is 10.5 Å². The number of carbonyl (C=O) groups is 1. The molecule has 0 aliphatic rings. The third-order valence-corrected chi connectivity index (χ3v) is 5.63. The lowest BCUT2D eigenvalue weighted by Crippen LogP contribution is -2.17. The first kappa shape index (κ1) is 19.1. The second kappa shape index (κ2) is 7.66. The van der Waals surface area contributed by atoms with Gasteiger partial charge in [-0.05, 0) is 36.4 Å². The highest BCUT2D eigenvalue weighted by molar-refractivity contribution is 7.18. The number of ether oxygens (including phenoxy) is 1. The number of methoxy groups -OCH3 is 1. The number of nitrogen functional groups attached to an aromatic ring is 1. The van der Waals surface area contributed by atoms with Crippen LogP contribution in [0.2, 0.25) is 0 Å². The van der Waals surface area contributed by atoms with Gasteiger partial charge in [0.15, 0.2) is 11.6 Å². The minimum Gasteiger partial charge on any atom is -0.497 e. The van der Waals surface area contributed by atoms with Gasteiger partial charge in [0, 0.05) is 0 Å². The van der Waals surface area contributed by atoms with Crippen molar-refractivity contribution in [3.05, 3.63) is 64.9 Å². The van der Waals surface area contributed by atoms with Crippen LogP contribution >= 0.6 is 11.3 Å². The molecule has 8 nitrogen and oxygen atoms in total.